The molecular weight excluding hydrogens is 148 g/mol. The molecule has 0 N–H and O–H groups in total. The largest absolute Gasteiger partial charge is 0.303 e. The highest BCUT2D eigenvalue weighted by molar-refractivity contribution is 6.57. The van der Waals surface area contributed by atoms with Gasteiger partial charge in [-0.25, -0.2) is 0 Å². The second kappa shape index (κ2) is 5.46. The van der Waals surface area contributed by atoms with Gasteiger partial charge in [0, 0.05) is 12.8 Å². The van der Waals surface area contributed by atoms with Gasteiger partial charge in [0.1, 0.15) is 6.29 Å². The fraction of sp³-hybridized carbons (Fsp3) is 0.429. The molecule has 0 radical (unpaired) electrons. The quantitative estimate of drug-likeness (QED) is 0.229. The van der Waals surface area contributed by atoms with Crippen molar-refractivity contribution in [1.82, 2.24) is 0 Å². The second-order valence-electron chi connectivity index (χ2n) is 1.96. The van der Waals surface area contributed by atoms with Crippen molar-refractivity contribution in [1.29, 1.82) is 0 Å². The molecule has 0 saturated heterocycles. The van der Waals surface area contributed by atoms with E-state index in [-0.39, 0.29) is 19.1 Å². The number of carbonyl (C=O) groups is 4. The minimum atomic E-state index is -1.02. The highest BCUT2D eigenvalue weighted by atomic mass is 16.2. The van der Waals surface area contributed by atoms with Crippen molar-refractivity contribution < 1.29 is 19.2 Å². The van der Waals surface area contributed by atoms with E-state index in [0.29, 0.717) is 12.7 Å². The number of aldehydes is 2. The van der Waals surface area contributed by atoms with Gasteiger partial charge < -0.3 is 4.79 Å². The molecule has 0 aliphatic heterocycles. The fourth-order valence-corrected chi connectivity index (χ4v) is 0.535. The highest BCUT2D eigenvalue weighted by Gasteiger charge is 2.10. The first-order chi connectivity index (χ1) is 5.22. The zero-order valence-electron chi connectivity index (χ0n) is 5.91. The molecule has 0 aromatic carbocycles. The number of ketones is 2. The number of Topliss-reactive ketones (excluding diaryl/α,β-unsaturated/α-hetero) is 2. The van der Waals surface area contributed by atoms with Gasteiger partial charge in [-0.2, -0.15) is 0 Å². The van der Waals surface area contributed by atoms with E-state index in [1.165, 1.54) is 0 Å². The van der Waals surface area contributed by atoms with Crippen LogP contribution in [0.1, 0.15) is 19.3 Å². The topological polar surface area (TPSA) is 68.3 Å². The van der Waals surface area contributed by atoms with E-state index in [1.54, 1.807) is 0 Å². The summed E-state index contributed by atoms with van der Waals surface area (Å²) in [6.07, 6.45) is 1.22. The molecule has 60 valence electrons. The molecule has 0 unspecified atom stereocenters. The third-order valence-corrected chi connectivity index (χ3v) is 1.11. The Morgan fingerprint density at radius 3 is 2.27 bits per heavy atom. The lowest BCUT2D eigenvalue weighted by Gasteiger charge is -1.89. The van der Waals surface area contributed by atoms with Crippen molar-refractivity contribution in [3.63, 3.8) is 0 Å². The SMILES string of the molecule is O=CCCCC(=O)C(=O)C=O. The Kier molecular flexibility index (Phi) is 4.81. The van der Waals surface area contributed by atoms with Crippen LogP contribution in [0.3, 0.4) is 0 Å². The smallest absolute Gasteiger partial charge is 0.260 e. The third-order valence-electron chi connectivity index (χ3n) is 1.11. The van der Waals surface area contributed by atoms with E-state index in [9.17, 15) is 19.2 Å². The molecule has 0 atom stereocenters. The summed E-state index contributed by atoms with van der Waals surface area (Å²) < 4.78 is 0. The van der Waals surface area contributed by atoms with E-state index >= 15 is 0 Å². The van der Waals surface area contributed by atoms with Gasteiger partial charge in [0.25, 0.3) is 5.78 Å². The lowest BCUT2D eigenvalue weighted by atomic mass is 10.1. The minimum absolute atomic E-state index is 0.0107. The summed E-state index contributed by atoms with van der Waals surface area (Å²) in [6.45, 7) is 0. The Bertz CT molecular complexity index is 183. The molecule has 0 aromatic rings. The van der Waals surface area contributed by atoms with Gasteiger partial charge in [0.05, 0.1) is 0 Å². The molecule has 0 fully saturated rings. The van der Waals surface area contributed by atoms with Crippen molar-refractivity contribution >= 4 is 24.1 Å². The van der Waals surface area contributed by atoms with Crippen molar-refractivity contribution in [2.75, 3.05) is 0 Å². The van der Waals surface area contributed by atoms with Crippen LogP contribution >= 0.6 is 0 Å². The molecule has 0 aliphatic carbocycles. The molecule has 4 nitrogen and oxygen atoms in total. The molecule has 0 heterocycles. The molecule has 0 aliphatic rings. The van der Waals surface area contributed by atoms with E-state index < -0.39 is 11.6 Å². The average molecular weight is 156 g/mol. The number of hydrogen-bond acceptors (Lipinski definition) is 4. The molecule has 0 rings (SSSR count). The second-order valence-corrected chi connectivity index (χ2v) is 1.96. The van der Waals surface area contributed by atoms with Crippen LogP contribution in [-0.2, 0) is 19.2 Å². The van der Waals surface area contributed by atoms with Gasteiger partial charge in [-0.05, 0) is 6.42 Å². The first-order valence-corrected chi connectivity index (χ1v) is 3.18. The summed E-state index contributed by atoms with van der Waals surface area (Å²) >= 11 is 0. The molecule has 0 spiro atoms. The Morgan fingerprint density at radius 2 is 1.82 bits per heavy atom. The highest BCUT2D eigenvalue weighted by Crippen LogP contribution is 1.93. The summed E-state index contributed by atoms with van der Waals surface area (Å²) in [5, 5.41) is 0. The summed E-state index contributed by atoms with van der Waals surface area (Å²) in [5.74, 6) is -1.74. The van der Waals surface area contributed by atoms with Crippen LogP contribution in [-0.4, -0.2) is 24.1 Å². The van der Waals surface area contributed by atoms with Crippen LogP contribution in [0.15, 0.2) is 0 Å². The number of rotatable bonds is 6. The van der Waals surface area contributed by atoms with Crippen LogP contribution in [0.5, 0.6) is 0 Å². The van der Waals surface area contributed by atoms with Crippen molar-refractivity contribution in [3.05, 3.63) is 0 Å². The summed E-state index contributed by atoms with van der Waals surface area (Å²) in [7, 11) is 0. The third kappa shape index (κ3) is 4.13. The molecule has 0 amide bonds. The zero-order chi connectivity index (χ0) is 8.69. The lowest BCUT2D eigenvalue weighted by molar-refractivity contribution is -0.140. The van der Waals surface area contributed by atoms with Crippen LogP contribution in [0.25, 0.3) is 0 Å². The lowest BCUT2D eigenvalue weighted by Crippen LogP contribution is -2.14. The van der Waals surface area contributed by atoms with E-state index in [0.717, 1.165) is 0 Å². The maximum absolute atomic E-state index is 10.6. The van der Waals surface area contributed by atoms with Crippen LogP contribution in [0, 0.1) is 0 Å². The minimum Gasteiger partial charge on any atom is -0.303 e. The molecule has 0 saturated carbocycles. The van der Waals surface area contributed by atoms with Crippen molar-refractivity contribution in [2.45, 2.75) is 19.3 Å². The molecule has 0 aromatic heterocycles. The number of hydrogen-bond donors (Lipinski definition) is 0. The Morgan fingerprint density at radius 1 is 1.18 bits per heavy atom. The van der Waals surface area contributed by atoms with Crippen LogP contribution in [0.4, 0.5) is 0 Å². The normalized spacial score (nSPS) is 8.73. The van der Waals surface area contributed by atoms with Gasteiger partial charge in [-0.1, -0.05) is 0 Å². The predicted molar refractivity (Wildman–Crippen MR) is 36.0 cm³/mol. The first kappa shape index (κ1) is 9.68. The maximum atomic E-state index is 10.6. The molecular formula is C7H8O4. The Labute approximate surface area is 63.6 Å². The van der Waals surface area contributed by atoms with Gasteiger partial charge in [-0.3, -0.25) is 14.4 Å². The van der Waals surface area contributed by atoms with E-state index in [1.807, 2.05) is 0 Å². The van der Waals surface area contributed by atoms with Gasteiger partial charge in [0.15, 0.2) is 6.29 Å². The van der Waals surface area contributed by atoms with Crippen molar-refractivity contribution in [2.24, 2.45) is 0 Å². The predicted octanol–water partition coefficient (Wildman–Crippen LogP) is -0.307. The number of carbonyl (C=O) groups excluding carboxylic acids is 4. The molecule has 4 heteroatoms. The van der Waals surface area contributed by atoms with E-state index in [4.69, 9.17) is 0 Å². The summed E-state index contributed by atoms with van der Waals surface area (Å²) in [6, 6.07) is 0. The Balaban J connectivity index is 3.60. The fourth-order valence-electron chi connectivity index (χ4n) is 0.535. The summed E-state index contributed by atoms with van der Waals surface area (Å²) in [4.78, 5) is 40.4. The van der Waals surface area contributed by atoms with E-state index in [2.05, 4.69) is 0 Å². The van der Waals surface area contributed by atoms with Gasteiger partial charge >= 0.3 is 0 Å². The van der Waals surface area contributed by atoms with Crippen molar-refractivity contribution in [3.8, 4) is 0 Å². The average Bonchev–Trinajstić information content (AvgIpc) is 2.03. The maximum Gasteiger partial charge on any atom is 0.260 e. The van der Waals surface area contributed by atoms with Crippen LogP contribution in [0.2, 0.25) is 0 Å². The molecule has 0 bridgehead atoms. The van der Waals surface area contributed by atoms with Gasteiger partial charge in [-0.15, -0.1) is 0 Å². The number of unbranched alkanes of at least 4 members (excludes halogenated alkanes) is 1. The monoisotopic (exact) mass is 156 g/mol. The zero-order valence-corrected chi connectivity index (χ0v) is 5.91. The Hall–Kier alpha value is -1.32. The van der Waals surface area contributed by atoms with Gasteiger partial charge in [0.2, 0.25) is 5.78 Å². The first-order valence-electron chi connectivity index (χ1n) is 3.18. The summed E-state index contributed by atoms with van der Waals surface area (Å²) in [5.41, 5.74) is 0. The standard InChI is InChI=1S/C7H8O4/c8-4-2-1-3-6(10)7(11)5-9/h4-5H,1-3H2. The molecule has 11 heavy (non-hydrogen) atoms. The van der Waals surface area contributed by atoms with Crippen LogP contribution < -0.4 is 0 Å².